The monoisotopic (exact) mass is 263 g/mol. The van der Waals surface area contributed by atoms with Crippen molar-refractivity contribution in [2.45, 2.75) is 26.2 Å². The Morgan fingerprint density at radius 2 is 2.16 bits per heavy atom. The summed E-state index contributed by atoms with van der Waals surface area (Å²) in [6, 6.07) is 5.16. The second kappa shape index (κ2) is 5.95. The minimum Gasteiger partial charge on any atom is -0.497 e. The van der Waals surface area contributed by atoms with Crippen molar-refractivity contribution in [1.29, 1.82) is 0 Å². The lowest BCUT2D eigenvalue weighted by Gasteiger charge is -2.25. The first-order valence-corrected chi connectivity index (χ1v) is 6.78. The Balaban J connectivity index is 2.32. The topological polar surface area (TPSA) is 49.8 Å². The minimum absolute atomic E-state index is 0.357. The average molecular weight is 263 g/mol. The van der Waals surface area contributed by atoms with Gasteiger partial charge >= 0.3 is 5.97 Å². The zero-order valence-corrected chi connectivity index (χ0v) is 11.6. The van der Waals surface area contributed by atoms with Crippen molar-refractivity contribution < 1.29 is 14.6 Å². The Labute approximate surface area is 114 Å². The van der Waals surface area contributed by atoms with E-state index in [9.17, 15) is 9.90 Å². The number of rotatable bonds is 3. The average Bonchev–Trinajstić information content (AvgIpc) is 2.62. The third-order valence-corrected chi connectivity index (χ3v) is 3.79. The summed E-state index contributed by atoms with van der Waals surface area (Å²) in [6.45, 7) is 4.08. The molecule has 2 rings (SSSR count). The van der Waals surface area contributed by atoms with Gasteiger partial charge in [0.1, 0.15) is 5.75 Å². The fourth-order valence-corrected chi connectivity index (χ4v) is 2.58. The van der Waals surface area contributed by atoms with Crippen LogP contribution in [0.3, 0.4) is 0 Å². The van der Waals surface area contributed by atoms with Gasteiger partial charge in [0.2, 0.25) is 0 Å². The lowest BCUT2D eigenvalue weighted by molar-refractivity contribution is 0.0697. The number of benzene rings is 1. The number of carboxylic acid groups (broad SMARTS) is 1. The van der Waals surface area contributed by atoms with Gasteiger partial charge < -0.3 is 14.7 Å². The zero-order valence-electron chi connectivity index (χ0n) is 11.6. The van der Waals surface area contributed by atoms with Crippen molar-refractivity contribution in [1.82, 2.24) is 0 Å². The number of methoxy groups -OCH3 is 1. The summed E-state index contributed by atoms with van der Waals surface area (Å²) in [5, 5.41) is 9.31. The van der Waals surface area contributed by atoms with Gasteiger partial charge in [0, 0.05) is 19.2 Å². The molecule has 104 valence electrons. The van der Waals surface area contributed by atoms with Crippen LogP contribution >= 0.6 is 0 Å². The van der Waals surface area contributed by atoms with E-state index in [1.165, 1.54) is 6.42 Å². The number of aromatic carboxylic acids is 1. The highest BCUT2D eigenvalue weighted by atomic mass is 16.5. The summed E-state index contributed by atoms with van der Waals surface area (Å²) in [7, 11) is 1.60. The molecule has 1 fully saturated rings. The molecule has 4 heteroatoms. The molecule has 4 nitrogen and oxygen atoms in total. The zero-order chi connectivity index (χ0) is 13.8. The number of hydrogen-bond acceptors (Lipinski definition) is 3. The van der Waals surface area contributed by atoms with Gasteiger partial charge in [-0.25, -0.2) is 4.79 Å². The van der Waals surface area contributed by atoms with Crippen LogP contribution in [0.25, 0.3) is 0 Å². The van der Waals surface area contributed by atoms with Crippen molar-refractivity contribution in [2.75, 3.05) is 25.1 Å². The van der Waals surface area contributed by atoms with Crippen LogP contribution in [0.2, 0.25) is 0 Å². The highest BCUT2D eigenvalue weighted by molar-refractivity contribution is 5.94. The highest BCUT2D eigenvalue weighted by Crippen LogP contribution is 2.29. The first-order valence-electron chi connectivity index (χ1n) is 6.78. The maximum Gasteiger partial charge on any atom is 0.337 e. The fourth-order valence-electron chi connectivity index (χ4n) is 2.58. The van der Waals surface area contributed by atoms with Crippen LogP contribution in [0.1, 0.15) is 36.5 Å². The molecule has 1 saturated heterocycles. The first-order chi connectivity index (χ1) is 9.11. The summed E-state index contributed by atoms with van der Waals surface area (Å²) in [6.07, 6.45) is 3.43. The molecule has 1 aromatic rings. The Morgan fingerprint density at radius 1 is 1.37 bits per heavy atom. The van der Waals surface area contributed by atoms with E-state index in [1.807, 2.05) is 6.07 Å². The van der Waals surface area contributed by atoms with Gasteiger partial charge in [0.05, 0.1) is 18.4 Å². The number of ether oxygens (including phenoxy) is 1. The van der Waals surface area contributed by atoms with Crippen LogP contribution in [0, 0.1) is 5.92 Å². The smallest absolute Gasteiger partial charge is 0.337 e. The van der Waals surface area contributed by atoms with Gasteiger partial charge in [-0.2, -0.15) is 0 Å². The lowest BCUT2D eigenvalue weighted by Crippen LogP contribution is -2.26. The molecule has 1 aliphatic rings. The molecule has 0 saturated carbocycles. The van der Waals surface area contributed by atoms with Crippen LogP contribution in [-0.4, -0.2) is 31.3 Å². The van der Waals surface area contributed by atoms with Crippen LogP contribution < -0.4 is 9.64 Å². The Kier molecular flexibility index (Phi) is 4.30. The summed E-state index contributed by atoms with van der Waals surface area (Å²) in [5.74, 6) is 0.538. The molecule has 0 aliphatic carbocycles. The molecule has 1 aromatic carbocycles. The highest BCUT2D eigenvalue weighted by Gasteiger charge is 2.20. The molecule has 0 radical (unpaired) electrons. The molecule has 1 unspecified atom stereocenters. The van der Waals surface area contributed by atoms with E-state index in [4.69, 9.17) is 4.74 Å². The number of anilines is 1. The molecule has 1 N–H and O–H groups in total. The maximum atomic E-state index is 11.3. The Bertz CT molecular complexity index is 459. The van der Waals surface area contributed by atoms with E-state index in [1.54, 1.807) is 19.2 Å². The van der Waals surface area contributed by atoms with Crippen LogP contribution in [0.5, 0.6) is 5.75 Å². The van der Waals surface area contributed by atoms with E-state index in [-0.39, 0.29) is 0 Å². The van der Waals surface area contributed by atoms with E-state index in [0.29, 0.717) is 17.2 Å². The molecular formula is C15H21NO3. The van der Waals surface area contributed by atoms with E-state index < -0.39 is 5.97 Å². The molecule has 0 aromatic heterocycles. The largest absolute Gasteiger partial charge is 0.497 e. The lowest BCUT2D eigenvalue weighted by atomic mass is 10.0. The number of carbonyl (C=O) groups is 1. The number of nitrogens with zero attached hydrogens (tertiary/aromatic N) is 1. The van der Waals surface area contributed by atoms with Crippen molar-refractivity contribution >= 4 is 11.7 Å². The van der Waals surface area contributed by atoms with Gasteiger partial charge in [0.25, 0.3) is 0 Å². The van der Waals surface area contributed by atoms with Crippen LogP contribution in [-0.2, 0) is 0 Å². The van der Waals surface area contributed by atoms with Gasteiger partial charge in [-0.15, -0.1) is 0 Å². The molecule has 1 atom stereocenters. The van der Waals surface area contributed by atoms with Gasteiger partial charge in [-0.05, 0) is 37.3 Å². The van der Waals surface area contributed by atoms with Gasteiger partial charge in [0.15, 0.2) is 0 Å². The van der Waals surface area contributed by atoms with Crippen molar-refractivity contribution in [3.63, 3.8) is 0 Å². The summed E-state index contributed by atoms with van der Waals surface area (Å²) < 4.78 is 5.21. The molecule has 1 aliphatic heterocycles. The molecular weight excluding hydrogens is 242 g/mol. The second-order valence-corrected chi connectivity index (χ2v) is 5.21. The van der Waals surface area contributed by atoms with E-state index >= 15 is 0 Å². The van der Waals surface area contributed by atoms with Crippen molar-refractivity contribution in [3.05, 3.63) is 23.8 Å². The molecule has 19 heavy (non-hydrogen) atoms. The SMILES string of the molecule is COc1ccc(C(=O)O)c(N2CCCC(C)CC2)c1. The molecule has 0 bridgehead atoms. The van der Waals surface area contributed by atoms with Crippen LogP contribution in [0.4, 0.5) is 5.69 Å². The van der Waals surface area contributed by atoms with Crippen molar-refractivity contribution in [3.8, 4) is 5.75 Å². The quantitative estimate of drug-likeness (QED) is 0.910. The molecule has 0 spiro atoms. The predicted molar refractivity (Wildman–Crippen MR) is 75.2 cm³/mol. The predicted octanol–water partition coefficient (Wildman–Crippen LogP) is 3.02. The normalized spacial score (nSPS) is 19.9. The summed E-state index contributed by atoms with van der Waals surface area (Å²) in [4.78, 5) is 13.5. The third-order valence-electron chi connectivity index (χ3n) is 3.79. The molecule has 0 amide bonds. The van der Waals surface area contributed by atoms with Gasteiger partial charge in [-0.3, -0.25) is 0 Å². The van der Waals surface area contributed by atoms with E-state index in [0.717, 1.165) is 31.6 Å². The van der Waals surface area contributed by atoms with E-state index in [2.05, 4.69) is 11.8 Å². The molecule has 1 heterocycles. The standard InChI is InChI=1S/C15H21NO3/c1-11-4-3-8-16(9-7-11)14-10-12(19-2)5-6-13(14)15(17)18/h5-6,10-11H,3-4,7-9H2,1-2H3,(H,17,18). The summed E-state index contributed by atoms with van der Waals surface area (Å²) >= 11 is 0. The fraction of sp³-hybridized carbons (Fsp3) is 0.533. The van der Waals surface area contributed by atoms with Gasteiger partial charge in [-0.1, -0.05) is 6.92 Å². The number of hydrogen-bond donors (Lipinski definition) is 1. The minimum atomic E-state index is -0.880. The third kappa shape index (κ3) is 3.19. The van der Waals surface area contributed by atoms with Crippen molar-refractivity contribution in [2.24, 2.45) is 5.92 Å². The Hall–Kier alpha value is -1.71. The number of carboxylic acids is 1. The van der Waals surface area contributed by atoms with Crippen LogP contribution in [0.15, 0.2) is 18.2 Å². The summed E-state index contributed by atoms with van der Waals surface area (Å²) in [5.41, 5.74) is 1.14. The maximum absolute atomic E-state index is 11.3. The first kappa shape index (κ1) is 13.7. The second-order valence-electron chi connectivity index (χ2n) is 5.21. The Morgan fingerprint density at radius 3 is 2.84 bits per heavy atom.